The Hall–Kier alpha value is -2.89. The molecule has 1 aliphatic carbocycles. The van der Waals surface area contributed by atoms with Crippen LogP contribution >= 0.6 is 0 Å². The van der Waals surface area contributed by atoms with E-state index in [1.54, 1.807) is 24.0 Å². The van der Waals surface area contributed by atoms with Gasteiger partial charge in [-0.2, -0.15) is 0 Å². The number of anilines is 1. The SMILES string of the molecule is Cc1ccc(NC(=O)N2CCC(CCNC(=O)C3(c4ccccc4)CC3)CC2)cc1F. The lowest BCUT2D eigenvalue weighted by molar-refractivity contribution is -0.123. The Morgan fingerprint density at radius 2 is 1.81 bits per heavy atom. The highest BCUT2D eigenvalue weighted by atomic mass is 19.1. The molecule has 2 N–H and O–H groups in total. The zero-order chi connectivity index (χ0) is 21.8. The molecule has 31 heavy (non-hydrogen) atoms. The third kappa shape index (κ3) is 4.89. The number of hydrogen-bond donors (Lipinski definition) is 2. The lowest BCUT2D eigenvalue weighted by atomic mass is 9.92. The monoisotopic (exact) mass is 423 g/mol. The van der Waals surface area contributed by atoms with Gasteiger partial charge in [0, 0.05) is 25.3 Å². The fourth-order valence-corrected chi connectivity index (χ4v) is 4.39. The van der Waals surface area contributed by atoms with E-state index in [1.807, 2.05) is 30.3 Å². The van der Waals surface area contributed by atoms with Crippen LogP contribution in [0.3, 0.4) is 0 Å². The summed E-state index contributed by atoms with van der Waals surface area (Å²) in [4.78, 5) is 27.0. The molecule has 1 aliphatic heterocycles. The number of piperidine rings is 1. The van der Waals surface area contributed by atoms with Gasteiger partial charge >= 0.3 is 6.03 Å². The number of urea groups is 1. The van der Waals surface area contributed by atoms with Crippen LogP contribution in [-0.2, 0) is 10.2 Å². The summed E-state index contributed by atoms with van der Waals surface area (Å²) in [7, 11) is 0. The molecule has 0 radical (unpaired) electrons. The minimum absolute atomic E-state index is 0.140. The number of carbonyl (C=O) groups is 2. The molecule has 2 aromatic carbocycles. The number of rotatable bonds is 6. The zero-order valence-corrected chi connectivity index (χ0v) is 18.0. The van der Waals surface area contributed by atoms with Gasteiger partial charge in [-0.1, -0.05) is 36.4 Å². The van der Waals surface area contributed by atoms with E-state index in [1.165, 1.54) is 6.07 Å². The topological polar surface area (TPSA) is 61.4 Å². The highest BCUT2D eigenvalue weighted by Gasteiger charge is 2.50. The number of benzene rings is 2. The average molecular weight is 424 g/mol. The van der Waals surface area contributed by atoms with E-state index in [2.05, 4.69) is 10.6 Å². The number of hydrogen-bond acceptors (Lipinski definition) is 2. The summed E-state index contributed by atoms with van der Waals surface area (Å²) in [5.41, 5.74) is 1.82. The highest BCUT2D eigenvalue weighted by molar-refractivity contribution is 5.91. The van der Waals surface area contributed by atoms with Crippen molar-refractivity contribution in [2.45, 2.75) is 44.4 Å². The second kappa shape index (κ2) is 9.08. The molecule has 6 heteroatoms. The molecule has 0 spiro atoms. The standard InChI is InChI=1S/C25H30FN3O2/c1-18-7-8-21(17-22(18)26)28-24(31)29-15-10-19(11-16-29)9-14-27-23(30)25(12-13-25)20-5-3-2-4-6-20/h2-8,17,19H,9-16H2,1H3,(H,27,30)(H,28,31). The van der Waals surface area contributed by atoms with E-state index in [9.17, 15) is 14.0 Å². The number of nitrogens with zero attached hydrogens (tertiary/aromatic N) is 1. The van der Waals surface area contributed by atoms with Gasteiger partial charge in [-0.3, -0.25) is 4.79 Å². The first-order valence-corrected chi connectivity index (χ1v) is 11.1. The summed E-state index contributed by atoms with van der Waals surface area (Å²) in [5, 5.41) is 5.92. The van der Waals surface area contributed by atoms with Crippen LogP contribution in [0.25, 0.3) is 0 Å². The normalized spacial score (nSPS) is 17.8. The zero-order valence-electron chi connectivity index (χ0n) is 18.0. The van der Waals surface area contributed by atoms with E-state index in [0.717, 1.165) is 37.7 Å². The Balaban J connectivity index is 1.19. The van der Waals surface area contributed by atoms with Crippen molar-refractivity contribution in [2.75, 3.05) is 25.0 Å². The maximum atomic E-state index is 13.7. The molecule has 1 saturated heterocycles. The smallest absolute Gasteiger partial charge is 0.321 e. The fraction of sp³-hybridized carbons (Fsp3) is 0.440. The van der Waals surface area contributed by atoms with Gasteiger partial charge in [-0.25, -0.2) is 9.18 Å². The van der Waals surface area contributed by atoms with Crippen LogP contribution in [0.1, 0.15) is 43.2 Å². The molecule has 2 aromatic rings. The Kier molecular flexibility index (Phi) is 6.25. The van der Waals surface area contributed by atoms with E-state index < -0.39 is 0 Å². The van der Waals surface area contributed by atoms with Crippen molar-refractivity contribution in [1.29, 1.82) is 0 Å². The molecule has 0 bridgehead atoms. The Morgan fingerprint density at radius 3 is 2.45 bits per heavy atom. The summed E-state index contributed by atoms with van der Waals surface area (Å²) < 4.78 is 13.7. The predicted molar refractivity (Wildman–Crippen MR) is 119 cm³/mol. The fourth-order valence-electron chi connectivity index (χ4n) is 4.39. The van der Waals surface area contributed by atoms with E-state index in [4.69, 9.17) is 0 Å². The van der Waals surface area contributed by atoms with Gasteiger partial charge < -0.3 is 15.5 Å². The highest BCUT2D eigenvalue weighted by Crippen LogP contribution is 2.48. The molecule has 2 fully saturated rings. The first kappa shape index (κ1) is 21.3. The van der Waals surface area contributed by atoms with Crippen LogP contribution in [0.5, 0.6) is 0 Å². The van der Waals surface area contributed by atoms with Crippen LogP contribution in [0, 0.1) is 18.7 Å². The summed E-state index contributed by atoms with van der Waals surface area (Å²) in [6.45, 7) is 3.71. The number of carbonyl (C=O) groups excluding carboxylic acids is 2. The lowest BCUT2D eigenvalue weighted by Crippen LogP contribution is -2.42. The van der Waals surface area contributed by atoms with E-state index >= 15 is 0 Å². The molecular formula is C25H30FN3O2. The van der Waals surface area contributed by atoms with E-state index in [-0.39, 0.29) is 23.2 Å². The quantitative estimate of drug-likeness (QED) is 0.712. The first-order valence-electron chi connectivity index (χ1n) is 11.1. The maximum absolute atomic E-state index is 13.7. The van der Waals surface area contributed by atoms with Crippen LogP contribution in [0.4, 0.5) is 14.9 Å². The second-order valence-corrected chi connectivity index (χ2v) is 8.82. The predicted octanol–water partition coefficient (Wildman–Crippen LogP) is 4.62. The van der Waals surface area contributed by atoms with Crippen LogP contribution in [0.2, 0.25) is 0 Å². The maximum Gasteiger partial charge on any atom is 0.321 e. The molecule has 0 aromatic heterocycles. The second-order valence-electron chi connectivity index (χ2n) is 8.82. The molecule has 1 saturated carbocycles. The molecule has 4 rings (SSSR count). The van der Waals surface area contributed by atoms with Gasteiger partial charge in [0.1, 0.15) is 5.82 Å². The Morgan fingerprint density at radius 1 is 1.10 bits per heavy atom. The van der Waals surface area contributed by atoms with Crippen molar-refractivity contribution < 1.29 is 14.0 Å². The minimum Gasteiger partial charge on any atom is -0.355 e. The molecule has 5 nitrogen and oxygen atoms in total. The van der Waals surface area contributed by atoms with Gasteiger partial charge in [0.25, 0.3) is 0 Å². The third-order valence-corrected chi connectivity index (χ3v) is 6.67. The first-order chi connectivity index (χ1) is 15.0. The van der Waals surface area contributed by atoms with Crippen molar-refractivity contribution >= 4 is 17.6 Å². The third-order valence-electron chi connectivity index (χ3n) is 6.67. The number of halogens is 1. The Bertz CT molecular complexity index is 935. The van der Waals surface area contributed by atoms with E-state index in [0.29, 0.717) is 36.8 Å². The van der Waals surface area contributed by atoms with Crippen LogP contribution < -0.4 is 10.6 Å². The average Bonchev–Trinajstić information content (AvgIpc) is 3.59. The molecular weight excluding hydrogens is 393 g/mol. The molecule has 164 valence electrons. The number of likely N-dealkylation sites (tertiary alicyclic amines) is 1. The number of aryl methyl sites for hydroxylation is 1. The van der Waals surface area contributed by atoms with Crippen LogP contribution in [0.15, 0.2) is 48.5 Å². The summed E-state index contributed by atoms with van der Waals surface area (Å²) in [6.07, 6.45) is 4.59. The van der Waals surface area contributed by atoms with Crippen LogP contribution in [-0.4, -0.2) is 36.5 Å². The number of amides is 3. The summed E-state index contributed by atoms with van der Waals surface area (Å²) in [6, 6.07) is 14.6. The largest absolute Gasteiger partial charge is 0.355 e. The minimum atomic E-state index is -0.321. The van der Waals surface area contributed by atoms with Gasteiger partial charge in [0.05, 0.1) is 5.41 Å². The molecule has 0 atom stereocenters. The molecule has 1 heterocycles. The molecule has 0 unspecified atom stereocenters. The van der Waals surface area contributed by atoms with Crippen molar-refractivity contribution in [2.24, 2.45) is 5.92 Å². The molecule has 2 aliphatic rings. The van der Waals surface area contributed by atoms with Crippen molar-refractivity contribution in [3.05, 3.63) is 65.5 Å². The van der Waals surface area contributed by atoms with Gasteiger partial charge in [-0.05, 0) is 68.2 Å². The summed E-state index contributed by atoms with van der Waals surface area (Å²) in [5.74, 6) is 0.313. The van der Waals surface area contributed by atoms with Crippen molar-refractivity contribution in [3.63, 3.8) is 0 Å². The van der Waals surface area contributed by atoms with Gasteiger partial charge in [0.2, 0.25) is 5.91 Å². The number of nitrogens with one attached hydrogen (secondary N) is 2. The summed E-state index contributed by atoms with van der Waals surface area (Å²) >= 11 is 0. The van der Waals surface area contributed by atoms with Gasteiger partial charge in [0.15, 0.2) is 0 Å². The van der Waals surface area contributed by atoms with Crippen molar-refractivity contribution in [3.8, 4) is 0 Å². The van der Waals surface area contributed by atoms with Gasteiger partial charge in [-0.15, -0.1) is 0 Å². The van der Waals surface area contributed by atoms with Crippen molar-refractivity contribution in [1.82, 2.24) is 10.2 Å². The Labute approximate surface area is 183 Å². The molecule has 3 amide bonds. The lowest BCUT2D eigenvalue weighted by Gasteiger charge is -2.32.